The van der Waals surface area contributed by atoms with Gasteiger partial charge in [0, 0.05) is 7.11 Å². The molecule has 4 atom stereocenters. The van der Waals surface area contributed by atoms with Crippen LogP contribution in [0.4, 0.5) is 0 Å². The molecule has 0 bridgehead atoms. The minimum Gasteiger partial charge on any atom is -0.459 e. The number of methoxy groups -OCH3 is 1. The van der Waals surface area contributed by atoms with Crippen LogP contribution in [0.3, 0.4) is 0 Å². The quantitative estimate of drug-likeness (QED) is 0.564. The van der Waals surface area contributed by atoms with Gasteiger partial charge in [-0.2, -0.15) is 0 Å². The van der Waals surface area contributed by atoms with Crippen LogP contribution >= 0.6 is 0 Å². The number of carbonyl (C=O) groups is 2. The highest BCUT2D eigenvalue weighted by atomic mass is 16.6. The molecule has 0 fully saturated rings. The molecule has 0 heterocycles. The van der Waals surface area contributed by atoms with Crippen molar-refractivity contribution in [2.45, 2.75) is 23.9 Å². The molecule has 3 rings (SSSR count). The fourth-order valence-electron chi connectivity index (χ4n) is 3.09. The van der Waals surface area contributed by atoms with Crippen molar-refractivity contribution in [3.63, 3.8) is 0 Å². The summed E-state index contributed by atoms with van der Waals surface area (Å²) >= 11 is 0. The lowest BCUT2D eigenvalue weighted by atomic mass is 9.82. The van der Waals surface area contributed by atoms with Crippen LogP contribution in [0.2, 0.25) is 0 Å². The van der Waals surface area contributed by atoms with Gasteiger partial charge in [0.1, 0.15) is 24.9 Å². The number of hydrogen-bond acceptors (Lipinski definition) is 7. The number of aliphatic hydroxyl groups is 2. The van der Waals surface area contributed by atoms with Gasteiger partial charge in [-0.1, -0.05) is 42.5 Å². The molecule has 0 unspecified atom stereocenters. The molecule has 2 aromatic rings. The second kappa shape index (κ2) is 9.00. The Morgan fingerprint density at radius 1 is 0.931 bits per heavy atom. The molecule has 7 heteroatoms. The largest absolute Gasteiger partial charge is 0.459 e. The summed E-state index contributed by atoms with van der Waals surface area (Å²) in [6, 6.07) is 16.5. The van der Waals surface area contributed by atoms with Crippen molar-refractivity contribution in [2.24, 2.45) is 0 Å². The number of esters is 2. The Bertz CT molecular complexity index is 865. The molecule has 2 aromatic carbocycles. The van der Waals surface area contributed by atoms with Gasteiger partial charge in [-0.15, -0.1) is 0 Å². The van der Waals surface area contributed by atoms with Crippen LogP contribution in [-0.2, 0) is 14.2 Å². The minimum absolute atomic E-state index is 0.304. The topological polar surface area (TPSA) is 102 Å². The van der Waals surface area contributed by atoms with E-state index in [-0.39, 0.29) is 0 Å². The Hall–Kier alpha value is -3.00. The van der Waals surface area contributed by atoms with E-state index in [0.29, 0.717) is 11.1 Å². The highest BCUT2D eigenvalue weighted by Gasteiger charge is 2.51. The molecule has 0 saturated carbocycles. The molecular weight excluding hydrogens is 376 g/mol. The smallest absolute Gasteiger partial charge is 0.338 e. The zero-order chi connectivity index (χ0) is 20.9. The summed E-state index contributed by atoms with van der Waals surface area (Å²) in [5.41, 5.74) is -1.39. The Morgan fingerprint density at radius 3 is 2.03 bits per heavy atom. The summed E-state index contributed by atoms with van der Waals surface area (Å²) in [4.78, 5) is 24.5. The summed E-state index contributed by atoms with van der Waals surface area (Å²) < 4.78 is 15.8. The van der Waals surface area contributed by atoms with E-state index >= 15 is 0 Å². The van der Waals surface area contributed by atoms with E-state index in [1.54, 1.807) is 60.7 Å². The van der Waals surface area contributed by atoms with E-state index in [2.05, 4.69) is 0 Å². The SMILES string of the molecule is CO[C@@H]1C=C[C@H](OC(=O)c2ccccc2)[C@@H](O)[C@]1(O)COC(=O)c1ccccc1. The van der Waals surface area contributed by atoms with Gasteiger partial charge in [0.2, 0.25) is 0 Å². The average molecular weight is 398 g/mol. The van der Waals surface area contributed by atoms with Crippen LogP contribution in [0, 0.1) is 0 Å². The maximum atomic E-state index is 12.3. The second-order valence-electron chi connectivity index (χ2n) is 6.66. The lowest BCUT2D eigenvalue weighted by Crippen LogP contribution is -2.62. The monoisotopic (exact) mass is 398 g/mol. The van der Waals surface area contributed by atoms with Gasteiger partial charge >= 0.3 is 11.9 Å². The zero-order valence-corrected chi connectivity index (χ0v) is 15.8. The number of benzene rings is 2. The van der Waals surface area contributed by atoms with Gasteiger partial charge in [-0.05, 0) is 30.3 Å². The number of carbonyl (C=O) groups excluding carboxylic acids is 2. The molecule has 2 N–H and O–H groups in total. The van der Waals surface area contributed by atoms with Gasteiger partial charge in [-0.3, -0.25) is 0 Å². The van der Waals surface area contributed by atoms with Gasteiger partial charge in [-0.25, -0.2) is 9.59 Å². The highest BCUT2D eigenvalue weighted by molar-refractivity contribution is 5.90. The Labute approximate surface area is 168 Å². The highest BCUT2D eigenvalue weighted by Crippen LogP contribution is 2.29. The van der Waals surface area contributed by atoms with Crippen LogP contribution in [0.5, 0.6) is 0 Å². The molecule has 0 radical (unpaired) electrons. The maximum Gasteiger partial charge on any atom is 0.338 e. The fraction of sp³-hybridized carbons (Fsp3) is 0.273. The summed E-state index contributed by atoms with van der Waals surface area (Å²) in [6.45, 7) is -0.551. The zero-order valence-electron chi connectivity index (χ0n) is 15.8. The molecule has 1 aliphatic rings. The van der Waals surface area contributed by atoms with Crippen molar-refractivity contribution in [3.05, 3.63) is 83.9 Å². The average Bonchev–Trinajstić information content (AvgIpc) is 2.76. The van der Waals surface area contributed by atoms with Crippen molar-refractivity contribution in [1.82, 2.24) is 0 Å². The molecule has 152 valence electrons. The summed E-state index contributed by atoms with van der Waals surface area (Å²) in [5.74, 6) is -1.31. The van der Waals surface area contributed by atoms with Crippen molar-refractivity contribution < 1.29 is 34.0 Å². The molecule has 29 heavy (non-hydrogen) atoms. The van der Waals surface area contributed by atoms with Gasteiger partial charge < -0.3 is 24.4 Å². The standard InChI is InChI=1S/C22H22O7/c1-27-18-13-12-17(29-21(25)16-10-6-3-7-11-16)19(23)22(18,26)14-28-20(24)15-8-4-2-5-9-15/h2-13,17-19,23,26H,14H2,1H3/t17-,18+,19+,22-/m0/s1. The predicted octanol–water partition coefficient (Wildman–Crippen LogP) is 1.75. The Morgan fingerprint density at radius 2 is 1.48 bits per heavy atom. The third kappa shape index (κ3) is 4.54. The van der Waals surface area contributed by atoms with Gasteiger partial charge in [0.25, 0.3) is 0 Å². The number of hydrogen-bond donors (Lipinski definition) is 2. The lowest BCUT2D eigenvalue weighted by molar-refractivity contribution is -0.189. The van der Waals surface area contributed by atoms with Gasteiger partial charge in [0.15, 0.2) is 5.60 Å². The number of aliphatic hydroxyl groups excluding tert-OH is 1. The number of ether oxygens (including phenoxy) is 3. The van der Waals surface area contributed by atoms with E-state index in [9.17, 15) is 19.8 Å². The van der Waals surface area contributed by atoms with E-state index in [1.165, 1.54) is 19.3 Å². The molecule has 0 amide bonds. The van der Waals surface area contributed by atoms with E-state index in [0.717, 1.165) is 0 Å². The maximum absolute atomic E-state index is 12.3. The molecule has 0 aliphatic heterocycles. The molecule has 0 saturated heterocycles. The first-order valence-electron chi connectivity index (χ1n) is 9.05. The van der Waals surface area contributed by atoms with Crippen LogP contribution in [0.25, 0.3) is 0 Å². The second-order valence-corrected chi connectivity index (χ2v) is 6.66. The van der Waals surface area contributed by atoms with Crippen LogP contribution in [0.15, 0.2) is 72.8 Å². The third-order valence-corrected chi connectivity index (χ3v) is 4.74. The Balaban J connectivity index is 1.73. The van der Waals surface area contributed by atoms with Crippen molar-refractivity contribution in [3.8, 4) is 0 Å². The van der Waals surface area contributed by atoms with Crippen LogP contribution in [-0.4, -0.2) is 59.8 Å². The van der Waals surface area contributed by atoms with Crippen molar-refractivity contribution in [2.75, 3.05) is 13.7 Å². The van der Waals surface area contributed by atoms with Gasteiger partial charge in [0.05, 0.1) is 11.1 Å². The Kier molecular flexibility index (Phi) is 6.43. The summed E-state index contributed by atoms with van der Waals surface area (Å²) in [5, 5.41) is 21.8. The first-order chi connectivity index (χ1) is 14.0. The molecule has 0 spiro atoms. The molecule has 0 aromatic heterocycles. The predicted molar refractivity (Wildman–Crippen MR) is 103 cm³/mol. The normalized spacial score (nSPS) is 26.0. The van der Waals surface area contributed by atoms with Crippen molar-refractivity contribution in [1.29, 1.82) is 0 Å². The first-order valence-corrected chi connectivity index (χ1v) is 9.05. The first kappa shape index (κ1) is 20.7. The fourth-order valence-corrected chi connectivity index (χ4v) is 3.09. The minimum atomic E-state index is -2.00. The lowest BCUT2D eigenvalue weighted by Gasteiger charge is -2.42. The van der Waals surface area contributed by atoms with Crippen molar-refractivity contribution >= 4 is 11.9 Å². The van der Waals surface area contributed by atoms with Crippen LogP contribution in [0.1, 0.15) is 20.7 Å². The van der Waals surface area contributed by atoms with E-state index in [4.69, 9.17) is 14.2 Å². The van der Waals surface area contributed by atoms with Crippen LogP contribution < -0.4 is 0 Å². The summed E-state index contributed by atoms with van der Waals surface area (Å²) in [6.07, 6.45) is -0.782. The third-order valence-electron chi connectivity index (χ3n) is 4.74. The van der Waals surface area contributed by atoms with E-state index < -0.39 is 42.5 Å². The molecular formula is C22H22O7. The summed E-state index contributed by atoms with van der Waals surface area (Å²) in [7, 11) is 1.35. The molecule has 1 aliphatic carbocycles. The number of rotatable bonds is 6. The van der Waals surface area contributed by atoms with E-state index in [1.807, 2.05) is 0 Å². The molecule has 7 nitrogen and oxygen atoms in total.